The number of amides is 1. The molecule has 1 aromatic carbocycles. The van der Waals surface area contributed by atoms with Crippen LogP contribution < -0.4 is 5.73 Å². The SMILES string of the molecule is CC(Cl)c1nc2cc(Cl)ccc2n1CC(C)(C)C(N)=O. The number of nitrogens with two attached hydrogens (primary N) is 1. The van der Waals surface area contributed by atoms with Gasteiger partial charge in [0.15, 0.2) is 0 Å². The van der Waals surface area contributed by atoms with Gasteiger partial charge in [-0.1, -0.05) is 11.6 Å². The van der Waals surface area contributed by atoms with Crippen molar-refractivity contribution in [3.05, 3.63) is 29.0 Å². The van der Waals surface area contributed by atoms with Crippen molar-refractivity contribution in [1.29, 1.82) is 0 Å². The molecule has 0 radical (unpaired) electrons. The van der Waals surface area contributed by atoms with Crippen molar-refractivity contribution < 1.29 is 4.79 Å². The van der Waals surface area contributed by atoms with E-state index in [4.69, 9.17) is 28.9 Å². The Hall–Kier alpha value is -1.26. The lowest BCUT2D eigenvalue weighted by Gasteiger charge is -2.23. The maximum absolute atomic E-state index is 11.6. The van der Waals surface area contributed by atoms with Crippen LogP contribution in [0.25, 0.3) is 11.0 Å². The summed E-state index contributed by atoms with van der Waals surface area (Å²) in [5, 5.41) is 0.343. The molecule has 2 aromatic rings. The highest BCUT2D eigenvalue weighted by Gasteiger charge is 2.28. The van der Waals surface area contributed by atoms with Gasteiger partial charge in [-0.3, -0.25) is 4.79 Å². The molecule has 0 aliphatic rings. The Labute approximate surface area is 127 Å². The number of rotatable bonds is 4. The molecule has 1 aromatic heterocycles. The van der Waals surface area contributed by atoms with Crippen molar-refractivity contribution in [3.63, 3.8) is 0 Å². The highest BCUT2D eigenvalue weighted by molar-refractivity contribution is 6.31. The summed E-state index contributed by atoms with van der Waals surface area (Å²) in [5.41, 5.74) is 6.43. The molecule has 1 unspecified atom stereocenters. The molecule has 1 amide bonds. The monoisotopic (exact) mass is 313 g/mol. The molecule has 0 aliphatic carbocycles. The van der Waals surface area contributed by atoms with Crippen molar-refractivity contribution in [2.24, 2.45) is 11.1 Å². The number of carbonyl (C=O) groups excluding carboxylic acids is 1. The first-order valence-corrected chi connectivity index (χ1v) is 7.13. The molecule has 20 heavy (non-hydrogen) atoms. The normalized spacial score (nSPS) is 13.7. The van der Waals surface area contributed by atoms with E-state index < -0.39 is 5.41 Å². The van der Waals surface area contributed by atoms with Crippen LogP contribution in [0.15, 0.2) is 18.2 Å². The number of carbonyl (C=O) groups is 1. The lowest BCUT2D eigenvalue weighted by Crippen LogP contribution is -2.35. The van der Waals surface area contributed by atoms with Crippen LogP contribution in [0.4, 0.5) is 0 Å². The van der Waals surface area contributed by atoms with Crippen LogP contribution in [0.2, 0.25) is 5.02 Å². The minimum atomic E-state index is -0.687. The maximum Gasteiger partial charge on any atom is 0.224 e. The number of primary amides is 1. The summed E-state index contributed by atoms with van der Waals surface area (Å²) in [5.74, 6) is 0.347. The molecule has 108 valence electrons. The number of nitrogens with zero attached hydrogens (tertiary/aromatic N) is 2. The maximum atomic E-state index is 11.6. The molecule has 0 fully saturated rings. The lowest BCUT2D eigenvalue weighted by molar-refractivity contribution is -0.126. The van der Waals surface area contributed by atoms with Crippen LogP contribution in [0.3, 0.4) is 0 Å². The molecule has 4 nitrogen and oxygen atoms in total. The Bertz CT molecular complexity index is 662. The minimum Gasteiger partial charge on any atom is -0.369 e. The van der Waals surface area contributed by atoms with E-state index in [-0.39, 0.29) is 11.3 Å². The van der Waals surface area contributed by atoms with Gasteiger partial charge in [0.25, 0.3) is 0 Å². The summed E-state index contributed by atoms with van der Waals surface area (Å²) in [4.78, 5) is 16.1. The summed E-state index contributed by atoms with van der Waals surface area (Å²) in [7, 11) is 0. The molecular formula is C14H17Cl2N3O. The molecule has 6 heteroatoms. The van der Waals surface area contributed by atoms with Crippen molar-refractivity contribution in [1.82, 2.24) is 9.55 Å². The van der Waals surface area contributed by atoms with E-state index in [9.17, 15) is 4.79 Å². The number of hydrogen-bond acceptors (Lipinski definition) is 2. The van der Waals surface area contributed by atoms with E-state index in [1.807, 2.05) is 17.6 Å². The zero-order valence-electron chi connectivity index (χ0n) is 11.7. The van der Waals surface area contributed by atoms with Gasteiger partial charge in [0, 0.05) is 11.6 Å². The molecule has 1 heterocycles. The summed E-state index contributed by atoms with van der Waals surface area (Å²) < 4.78 is 1.94. The number of aromatic nitrogens is 2. The van der Waals surface area contributed by atoms with Crippen LogP contribution in [-0.2, 0) is 11.3 Å². The third kappa shape index (κ3) is 2.76. The van der Waals surface area contributed by atoms with Crippen molar-refractivity contribution in [3.8, 4) is 0 Å². The molecule has 0 saturated carbocycles. The van der Waals surface area contributed by atoms with E-state index in [2.05, 4.69) is 4.98 Å². The third-order valence-electron chi connectivity index (χ3n) is 3.32. The summed E-state index contributed by atoms with van der Waals surface area (Å²) in [6.45, 7) is 5.88. The molecule has 1 atom stereocenters. The van der Waals surface area contributed by atoms with Gasteiger partial charge in [-0.15, -0.1) is 11.6 Å². The van der Waals surface area contributed by atoms with Gasteiger partial charge in [0.2, 0.25) is 5.91 Å². The number of imidazole rings is 1. The zero-order valence-corrected chi connectivity index (χ0v) is 13.2. The number of halogens is 2. The number of fused-ring (bicyclic) bond motifs is 1. The fourth-order valence-corrected chi connectivity index (χ4v) is 2.40. The Balaban J connectivity index is 2.60. The van der Waals surface area contributed by atoms with Crippen molar-refractivity contribution in [2.75, 3.05) is 0 Å². The Kier molecular flexibility index (Phi) is 3.98. The largest absolute Gasteiger partial charge is 0.369 e. The van der Waals surface area contributed by atoms with E-state index in [0.29, 0.717) is 17.4 Å². The minimum absolute atomic E-state index is 0.273. The number of benzene rings is 1. The van der Waals surface area contributed by atoms with Crippen molar-refractivity contribution in [2.45, 2.75) is 32.7 Å². The smallest absolute Gasteiger partial charge is 0.224 e. The molecule has 2 N–H and O–H groups in total. The highest BCUT2D eigenvalue weighted by atomic mass is 35.5. The van der Waals surface area contributed by atoms with E-state index >= 15 is 0 Å². The second-order valence-corrected chi connectivity index (χ2v) is 6.64. The molecule has 0 saturated heterocycles. The van der Waals surface area contributed by atoms with Gasteiger partial charge in [0.05, 0.1) is 21.8 Å². The summed E-state index contributed by atoms with van der Waals surface area (Å²) >= 11 is 12.2. The second kappa shape index (κ2) is 5.26. The van der Waals surface area contributed by atoms with Gasteiger partial charge < -0.3 is 10.3 Å². The van der Waals surface area contributed by atoms with E-state index in [1.54, 1.807) is 26.0 Å². The average molecular weight is 314 g/mol. The van der Waals surface area contributed by atoms with Gasteiger partial charge in [-0.25, -0.2) is 4.98 Å². The molecule has 0 aliphatic heterocycles. The average Bonchev–Trinajstić information content (AvgIpc) is 2.66. The zero-order chi connectivity index (χ0) is 15.1. The van der Waals surface area contributed by atoms with E-state index in [1.165, 1.54) is 0 Å². The van der Waals surface area contributed by atoms with Gasteiger partial charge >= 0.3 is 0 Å². The third-order valence-corrected chi connectivity index (χ3v) is 3.75. The standard InChI is InChI=1S/C14H17Cl2N3O/c1-8(15)12-18-10-6-9(16)4-5-11(10)19(12)7-14(2,3)13(17)20/h4-6,8H,7H2,1-3H3,(H2,17,20). The fraction of sp³-hybridized carbons (Fsp3) is 0.429. The predicted molar refractivity (Wildman–Crippen MR) is 82.0 cm³/mol. The summed E-state index contributed by atoms with van der Waals surface area (Å²) in [6.07, 6.45) is 0. The van der Waals surface area contributed by atoms with E-state index in [0.717, 1.165) is 11.0 Å². The van der Waals surface area contributed by atoms with Crippen LogP contribution in [-0.4, -0.2) is 15.5 Å². The molecule has 0 spiro atoms. The Morgan fingerprint density at radius 1 is 1.50 bits per heavy atom. The number of alkyl halides is 1. The molecule has 2 rings (SSSR count). The second-order valence-electron chi connectivity index (χ2n) is 5.55. The van der Waals surface area contributed by atoms with Gasteiger partial charge in [-0.2, -0.15) is 0 Å². The van der Waals surface area contributed by atoms with Gasteiger partial charge in [-0.05, 0) is 39.0 Å². The first-order valence-electron chi connectivity index (χ1n) is 6.32. The van der Waals surface area contributed by atoms with Gasteiger partial charge in [0.1, 0.15) is 5.82 Å². The Morgan fingerprint density at radius 3 is 2.70 bits per heavy atom. The molecular weight excluding hydrogens is 297 g/mol. The predicted octanol–water partition coefficient (Wildman–Crippen LogP) is 3.50. The number of hydrogen-bond donors (Lipinski definition) is 1. The van der Waals surface area contributed by atoms with Crippen LogP contribution >= 0.6 is 23.2 Å². The lowest BCUT2D eigenvalue weighted by atomic mass is 9.92. The van der Waals surface area contributed by atoms with Crippen LogP contribution in [0.5, 0.6) is 0 Å². The summed E-state index contributed by atoms with van der Waals surface area (Å²) in [6, 6.07) is 5.46. The first kappa shape index (κ1) is 15.1. The Morgan fingerprint density at radius 2 is 2.15 bits per heavy atom. The molecule has 0 bridgehead atoms. The topological polar surface area (TPSA) is 60.9 Å². The first-order chi connectivity index (χ1) is 9.22. The van der Waals surface area contributed by atoms with Crippen LogP contribution in [0.1, 0.15) is 32.0 Å². The highest BCUT2D eigenvalue weighted by Crippen LogP contribution is 2.29. The fourth-order valence-electron chi connectivity index (χ4n) is 2.06. The van der Waals surface area contributed by atoms with Crippen LogP contribution in [0, 0.1) is 5.41 Å². The van der Waals surface area contributed by atoms with Crippen molar-refractivity contribution >= 4 is 40.1 Å². The quantitative estimate of drug-likeness (QED) is 0.878.